The Morgan fingerprint density at radius 2 is 2.31 bits per heavy atom. The minimum atomic E-state index is 0.638. The quantitative estimate of drug-likeness (QED) is 0.799. The van der Waals surface area contributed by atoms with Gasteiger partial charge in [-0.05, 0) is 22.0 Å². The molecule has 2 heterocycles. The molecular weight excluding hydrogens is 270 g/mol. The Balaban J connectivity index is 1.90. The first kappa shape index (κ1) is 10.9. The van der Waals surface area contributed by atoms with Crippen molar-refractivity contribution in [1.82, 2.24) is 15.0 Å². The molecule has 0 aliphatic heterocycles. The molecule has 0 saturated heterocycles. The molecule has 0 aromatic carbocycles. The van der Waals surface area contributed by atoms with Crippen LogP contribution in [0.2, 0.25) is 0 Å². The molecule has 2 rings (SSSR count). The smallest absolute Gasteiger partial charge is 0.149 e. The van der Waals surface area contributed by atoms with E-state index < -0.39 is 0 Å². The second kappa shape index (κ2) is 4.98. The zero-order valence-corrected chi connectivity index (χ0v) is 10.2. The van der Waals surface area contributed by atoms with Gasteiger partial charge in [0.25, 0.3) is 0 Å². The van der Waals surface area contributed by atoms with E-state index in [1.54, 1.807) is 18.7 Å². The van der Waals surface area contributed by atoms with Crippen LogP contribution >= 0.6 is 15.9 Å². The molecule has 0 radical (unpaired) electrons. The van der Waals surface area contributed by atoms with Gasteiger partial charge in [0, 0.05) is 35.5 Å². The van der Waals surface area contributed by atoms with E-state index >= 15 is 0 Å². The first-order chi connectivity index (χ1) is 7.75. The molecule has 0 atom stereocenters. The lowest BCUT2D eigenvalue weighted by molar-refractivity contribution is 0.968. The SMILES string of the molecule is Nc1cc(Br)cnc1NCCc1cnc[nH]1. The van der Waals surface area contributed by atoms with E-state index in [4.69, 9.17) is 5.73 Å². The van der Waals surface area contributed by atoms with Crippen LogP contribution in [-0.4, -0.2) is 21.5 Å². The highest BCUT2D eigenvalue weighted by atomic mass is 79.9. The van der Waals surface area contributed by atoms with Gasteiger partial charge < -0.3 is 16.0 Å². The first-order valence-electron chi connectivity index (χ1n) is 4.88. The fraction of sp³-hybridized carbons (Fsp3) is 0.200. The number of rotatable bonds is 4. The number of nitrogens with two attached hydrogens (primary N) is 1. The number of nitrogen functional groups attached to an aromatic ring is 1. The number of aromatic nitrogens is 3. The van der Waals surface area contributed by atoms with Gasteiger partial charge in [-0.15, -0.1) is 0 Å². The number of nitrogens with one attached hydrogen (secondary N) is 2. The van der Waals surface area contributed by atoms with Crippen molar-refractivity contribution in [3.63, 3.8) is 0 Å². The number of hydrogen-bond donors (Lipinski definition) is 3. The van der Waals surface area contributed by atoms with Gasteiger partial charge >= 0.3 is 0 Å². The monoisotopic (exact) mass is 281 g/mol. The van der Waals surface area contributed by atoms with Crippen molar-refractivity contribution in [2.24, 2.45) is 0 Å². The van der Waals surface area contributed by atoms with Gasteiger partial charge in [-0.1, -0.05) is 0 Å². The number of aromatic amines is 1. The standard InChI is InChI=1S/C10H12BrN5/c11-7-3-9(12)10(15-4-7)14-2-1-8-5-13-6-16-8/h3-6H,1-2,12H2,(H,13,16)(H,14,15). The zero-order chi connectivity index (χ0) is 11.4. The lowest BCUT2D eigenvalue weighted by atomic mass is 10.3. The van der Waals surface area contributed by atoms with E-state index in [1.165, 1.54) is 0 Å². The van der Waals surface area contributed by atoms with Crippen molar-refractivity contribution < 1.29 is 0 Å². The van der Waals surface area contributed by atoms with Crippen LogP contribution in [0.15, 0.2) is 29.3 Å². The van der Waals surface area contributed by atoms with Crippen LogP contribution in [0.5, 0.6) is 0 Å². The average Bonchev–Trinajstić information content (AvgIpc) is 2.74. The Kier molecular flexibility index (Phi) is 3.40. The van der Waals surface area contributed by atoms with Crippen LogP contribution in [0.25, 0.3) is 0 Å². The van der Waals surface area contributed by atoms with Gasteiger partial charge in [-0.3, -0.25) is 0 Å². The minimum absolute atomic E-state index is 0.638. The Morgan fingerprint density at radius 1 is 1.44 bits per heavy atom. The van der Waals surface area contributed by atoms with Crippen LogP contribution in [0, 0.1) is 0 Å². The summed E-state index contributed by atoms with van der Waals surface area (Å²) in [5.74, 6) is 0.711. The summed E-state index contributed by atoms with van der Waals surface area (Å²) in [6.07, 6.45) is 6.05. The molecule has 0 aliphatic carbocycles. The highest BCUT2D eigenvalue weighted by Gasteiger charge is 2.01. The first-order valence-corrected chi connectivity index (χ1v) is 5.67. The number of nitrogens with zero attached hydrogens (tertiary/aromatic N) is 2. The summed E-state index contributed by atoms with van der Waals surface area (Å²) in [6, 6.07) is 1.82. The molecule has 5 nitrogen and oxygen atoms in total. The molecule has 16 heavy (non-hydrogen) atoms. The van der Waals surface area contributed by atoms with Gasteiger partial charge in [-0.25, -0.2) is 9.97 Å². The van der Waals surface area contributed by atoms with Gasteiger partial charge in [0.15, 0.2) is 0 Å². The second-order valence-electron chi connectivity index (χ2n) is 3.34. The third-order valence-electron chi connectivity index (χ3n) is 2.13. The van der Waals surface area contributed by atoms with E-state index in [9.17, 15) is 0 Å². The number of imidazole rings is 1. The maximum Gasteiger partial charge on any atom is 0.149 e. The van der Waals surface area contributed by atoms with Crippen LogP contribution in [0.3, 0.4) is 0 Å². The predicted molar refractivity (Wildman–Crippen MR) is 67.1 cm³/mol. The van der Waals surface area contributed by atoms with Crippen molar-refractivity contribution in [1.29, 1.82) is 0 Å². The largest absolute Gasteiger partial charge is 0.396 e. The molecule has 0 bridgehead atoms. The van der Waals surface area contributed by atoms with E-state index in [1.807, 2.05) is 6.07 Å². The van der Waals surface area contributed by atoms with Gasteiger partial charge in [0.05, 0.1) is 12.0 Å². The molecular formula is C10H12BrN5. The summed E-state index contributed by atoms with van der Waals surface area (Å²) in [7, 11) is 0. The maximum absolute atomic E-state index is 5.81. The Morgan fingerprint density at radius 3 is 3.00 bits per heavy atom. The lowest BCUT2D eigenvalue weighted by Gasteiger charge is -2.07. The molecule has 0 unspecified atom stereocenters. The molecule has 0 amide bonds. The summed E-state index contributed by atoms with van der Waals surface area (Å²) in [4.78, 5) is 11.2. The van der Waals surface area contributed by atoms with Crippen LogP contribution in [0.1, 0.15) is 5.69 Å². The number of halogens is 1. The summed E-state index contributed by atoms with van der Waals surface area (Å²) in [6.45, 7) is 0.765. The molecule has 84 valence electrons. The summed E-state index contributed by atoms with van der Waals surface area (Å²) in [5.41, 5.74) is 7.53. The van der Waals surface area contributed by atoms with E-state index in [2.05, 4.69) is 36.2 Å². The molecule has 0 aliphatic rings. The van der Waals surface area contributed by atoms with Crippen molar-refractivity contribution in [2.45, 2.75) is 6.42 Å². The van der Waals surface area contributed by atoms with Crippen LogP contribution < -0.4 is 11.1 Å². The Hall–Kier alpha value is -1.56. The van der Waals surface area contributed by atoms with Crippen molar-refractivity contribution in [3.8, 4) is 0 Å². The van der Waals surface area contributed by atoms with Crippen molar-refractivity contribution >= 4 is 27.4 Å². The van der Waals surface area contributed by atoms with Crippen LogP contribution in [0.4, 0.5) is 11.5 Å². The lowest BCUT2D eigenvalue weighted by Crippen LogP contribution is -2.08. The molecule has 4 N–H and O–H groups in total. The van der Waals surface area contributed by atoms with Gasteiger partial charge in [0.1, 0.15) is 5.82 Å². The normalized spacial score (nSPS) is 10.3. The summed E-state index contributed by atoms with van der Waals surface area (Å²) < 4.78 is 0.879. The fourth-order valence-electron chi connectivity index (χ4n) is 1.34. The number of hydrogen-bond acceptors (Lipinski definition) is 4. The Labute approximate surface area is 102 Å². The molecule has 0 saturated carbocycles. The molecule has 2 aromatic rings. The van der Waals surface area contributed by atoms with Gasteiger partial charge in [0.2, 0.25) is 0 Å². The van der Waals surface area contributed by atoms with E-state index in [-0.39, 0.29) is 0 Å². The molecule has 0 spiro atoms. The van der Waals surface area contributed by atoms with Crippen molar-refractivity contribution in [2.75, 3.05) is 17.6 Å². The van der Waals surface area contributed by atoms with E-state index in [0.717, 1.165) is 23.1 Å². The second-order valence-corrected chi connectivity index (χ2v) is 4.26. The van der Waals surface area contributed by atoms with E-state index in [0.29, 0.717) is 11.5 Å². The average molecular weight is 282 g/mol. The predicted octanol–water partition coefficient (Wildman–Crippen LogP) is 1.80. The zero-order valence-electron chi connectivity index (χ0n) is 8.57. The summed E-state index contributed by atoms with van der Waals surface area (Å²) in [5, 5.41) is 3.17. The minimum Gasteiger partial charge on any atom is -0.396 e. The molecule has 2 aromatic heterocycles. The highest BCUT2D eigenvalue weighted by molar-refractivity contribution is 9.10. The maximum atomic E-state index is 5.81. The van der Waals surface area contributed by atoms with Crippen molar-refractivity contribution in [3.05, 3.63) is 35.0 Å². The third-order valence-corrected chi connectivity index (χ3v) is 2.56. The number of H-pyrrole nitrogens is 1. The third kappa shape index (κ3) is 2.73. The fourth-order valence-corrected chi connectivity index (χ4v) is 1.69. The molecule has 6 heteroatoms. The van der Waals surface area contributed by atoms with Gasteiger partial charge in [-0.2, -0.15) is 0 Å². The van der Waals surface area contributed by atoms with Crippen LogP contribution in [-0.2, 0) is 6.42 Å². The topological polar surface area (TPSA) is 79.6 Å². The molecule has 0 fully saturated rings. The Bertz CT molecular complexity index is 454. The number of anilines is 2. The number of pyridine rings is 1. The highest BCUT2D eigenvalue weighted by Crippen LogP contribution is 2.19. The summed E-state index contributed by atoms with van der Waals surface area (Å²) >= 11 is 3.31.